The van der Waals surface area contributed by atoms with Crippen LogP contribution < -0.4 is 0 Å². The topological polar surface area (TPSA) is 0 Å². The van der Waals surface area contributed by atoms with Crippen LogP contribution in [0.25, 0.3) is 0 Å². The van der Waals surface area contributed by atoms with Crippen LogP contribution in [0.15, 0.2) is 21.5 Å². The maximum absolute atomic E-state index is 2.49. The van der Waals surface area contributed by atoms with E-state index in [1.54, 1.807) is 3.28 Å². The van der Waals surface area contributed by atoms with E-state index in [0.29, 0.717) is 0 Å². The molecule has 0 unspecified atom stereocenters. The molecule has 1 rings (SSSR count). The third-order valence-corrected chi connectivity index (χ3v) is 9.28. The fourth-order valence-corrected chi connectivity index (χ4v) is 5.36. The van der Waals surface area contributed by atoms with Gasteiger partial charge < -0.3 is 0 Å². The van der Waals surface area contributed by atoms with Crippen molar-refractivity contribution in [2.24, 2.45) is 0 Å². The molecule has 1 aliphatic rings. The first kappa shape index (κ1) is 15.4. The second-order valence-corrected chi connectivity index (χ2v) is 26.6. The van der Waals surface area contributed by atoms with Gasteiger partial charge in [0.1, 0.15) is 0 Å². The van der Waals surface area contributed by atoms with Gasteiger partial charge in [-0.2, -0.15) is 0 Å². The van der Waals surface area contributed by atoms with Crippen molar-refractivity contribution < 1.29 is 18.8 Å². The van der Waals surface area contributed by atoms with E-state index >= 15 is 0 Å². The van der Waals surface area contributed by atoms with Gasteiger partial charge in [0.25, 0.3) is 0 Å². The number of hydrogen-bond acceptors (Lipinski definition) is 0. The number of allylic oxidation sites excluding steroid dienone is 4. The van der Waals surface area contributed by atoms with E-state index in [-0.39, 0.29) is 24.8 Å². The van der Waals surface area contributed by atoms with Crippen LogP contribution in [0.3, 0.4) is 0 Å². The molecule has 0 bridgehead atoms. The maximum atomic E-state index is 2.49. The molecule has 0 aromatic carbocycles. The Bertz CT molecular complexity index is 199. The van der Waals surface area contributed by atoms with Gasteiger partial charge in [0.2, 0.25) is 0 Å². The summed E-state index contributed by atoms with van der Waals surface area (Å²) in [5.74, 6) is 0. The zero-order valence-corrected chi connectivity index (χ0v) is 12.3. The molecule has 0 amide bonds. The van der Waals surface area contributed by atoms with Crippen molar-refractivity contribution in [1.82, 2.24) is 0 Å². The molecule has 0 aliphatic heterocycles. The van der Waals surface area contributed by atoms with Crippen molar-refractivity contribution in [1.29, 1.82) is 0 Å². The number of hydrogen-bond donors (Lipinski definition) is 0. The molecule has 0 aromatic rings. The molecule has 0 spiro atoms. The SMILES string of the molecule is Cl.Cl.[CH3][Zr]([CH3])([CH3])([CH3])[C]1=CC=CC1. The summed E-state index contributed by atoms with van der Waals surface area (Å²) in [4.78, 5) is 0. The van der Waals surface area contributed by atoms with Crippen LogP contribution in [-0.4, -0.2) is 0 Å². The molecule has 12 heavy (non-hydrogen) atoms. The third kappa shape index (κ3) is 4.26. The van der Waals surface area contributed by atoms with Crippen LogP contribution in [0.4, 0.5) is 0 Å². The first-order valence-corrected chi connectivity index (χ1v) is 15.0. The van der Waals surface area contributed by atoms with E-state index in [1.165, 1.54) is 6.42 Å². The third-order valence-electron chi connectivity index (χ3n) is 2.06. The van der Waals surface area contributed by atoms with Crippen LogP contribution in [0.1, 0.15) is 6.42 Å². The molecule has 3 heteroatoms. The Morgan fingerprint density at radius 3 is 1.75 bits per heavy atom. The first-order chi connectivity index (χ1) is 4.36. The van der Waals surface area contributed by atoms with Crippen molar-refractivity contribution in [2.75, 3.05) is 0 Å². The van der Waals surface area contributed by atoms with Gasteiger partial charge in [-0.05, 0) is 0 Å². The Kier molecular flexibility index (Phi) is 5.71. The van der Waals surface area contributed by atoms with Crippen molar-refractivity contribution in [2.45, 2.75) is 24.9 Å². The Hall–Kier alpha value is 0.943. The predicted molar refractivity (Wildman–Crippen MR) is 59.8 cm³/mol. The standard InChI is InChI=1S/C5H5.4CH3.2ClH.Zr/c1-2-4-5-3-1;;;;;;;/h1-3H,4H2;4*1H3;2*1H;. The molecule has 0 N–H and O–H groups in total. The van der Waals surface area contributed by atoms with Crippen molar-refractivity contribution in [3.05, 3.63) is 21.5 Å². The average molecular weight is 289 g/mol. The Morgan fingerprint density at radius 1 is 1.08 bits per heavy atom. The van der Waals surface area contributed by atoms with Gasteiger partial charge >= 0.3 is 65.2 Å². The monoisotopic (exact) mass is 287 g/mol. The summed E-state index contributed by atoms with van der Waals surface area (Å²) in [6.45, 7) is 0. The summed E-state index contributed by atoms with van der Waals surface area (Å²) in [7, 11) is 0. The summed E-state index contributed by atoms with van der Waals surface area (Å²) in [5.41, 5.74) is 0. The van der Waals surface area contributed by atoms with E-state index in [2.05, 4.69) is 36.8 Å². The normalized spacial score (nSPS) is 18.3. The summed E-state index contributed by atoms with van der Waals surface area (Å²) in [6, 6.07) is 0. The zero-order chi connectivity index (χ0) is 7.85. The predicted octanol–water partition coefficient (Wildman–Crippen LogP) is 4.56. The number of halogens is 2. The summed E-state index contributed by atoms with van der Waals surface area (Å²) < 4.78 is 11.7. The van der Waals surface area contributed by atoms with Gasteiger partial charge in [-0.25, -0.2) is 0 Å². The summed E-state index contributed by atoms with van der Waals surface area (Å²) >= 11 is -2.20. The van der Waals surface area contributed by atoms with E-state index in [4.69, 9.17) is 0 Å². The minimum atomic E-state index is -2.20. The molecule has 1 aliphatic carbocycles. The van der Waals surface area contributed by atoms with E-state index in [0.717, 1.165) is 0 Å². The van der Waals surface area contributed by atoms with Crippen LogP contribution in [0.5, 0.6) is 0 Å². The molecule has 0 fully saturated rings. The van der Waals surface area contributed by atoms with Gasteiger partial charge in [-0.15, -0.1) is 24.8 Å². The zero-order valence-electron chi connectivity index (χ0n) is 8.26. The van der Waals surface area contributed by atoms with Crippen molar-refractivity contribution in [3.8, 4) is 0 Å². The summed E-state index contributed by atoms with van der Waals surface area (Å²) in [5, 5.41) is 0. The molecule has 0 aromatic heterocycles. The first-order valence-electron chi connectivity index (χ1n) is 3.97. The molecule has 0 heterocycles. The fraction of sp³-hybridized carbons (Fsp3) is 0.556. The van der Waals surface area contributed by atoms with Gasteiger partial charge in [0, 0.05) is 0 Å². The van der Waals surface area contributed by atoms with Crippen molar-refractivity contribution in [3.63, 3.8) is 0 Å². The molecule has 0 saturated heterocycles. The fourth-order valence-electron chi connectivity index (χ4n) is 1.19. The molecule has 73 valence electrons. The van der Waals surface area contributed by atoms with Crippen molar-refractivity contribution >= 4 is 24.8 Å². The van der Waals surface area contributed by atoms with Crippen LogP contribution >= 0.6 is 24.8 Å². The van der Waals surface area contributed by atoms with E-state index in [1.807, 2.05) is 0 Å². The average Bonchev–Trinajstić information content (AvgIpc) is 2.04. The quantitative estimate of drug-likeness (QED) is 0.664. The van der Waals surface area contributed by atoms with Gasteiger partial charge in [0.05, 0.1) is 0 Å². The van der Waals surface area contributed by atoms with Crippen LogP contribution in [-0.2, 0) is 18.8 Å². The Balaban J connectivity index is 0. The Labute approximate surface area is 89.5 Å². The van der Waals surface area contributed by atoms with Crippen LogP contribution in [0.2, 0.25) is 18.5 Å². The van der Waals surface area contributed by atoms with E-state index in [9.17, 15) is 0 Å². The second-order valence-electron chi connectivity index (χ2n) is 5.32. The molecular formula is C9H19Cl2Zr. The van der Waals surface area contributed by atoms with Gasteiger partial charge in [0.15, 0.2) is 0 Å². The van der Waals surface area contributed by atoms with Gasteiger partial charge in [-0.1, -0.05) is 0 Å². The molecule has 0 radical (unpaired) electrons. The second kappa shape index (κ2) is 4.44. The molecule has 0 saturated carbocycles. The van der Waals surface area contributed by atoms with Gasteiger partial charge in [-0.3, -0.25) is 0 Å². The van der Waals surface area contributed by atoms with E-state index < -0.39 is 18.8 Å². The molecule has 0 atom stereocenters. The molecule has 0 nitrogen and oxygen atoms in total. The van der Waals surface area contributed by atoms with Crippen LogP contribution in [0, 0.1) is 0 Å². The number of rotatable bonds is 1. The Morgan fingerprint density at radius 2 is 1.58 bits per heavy atom. The molecular weight excluding hydrogens is 270 g/mol. The minimum absolute atomic E-state index is 0. The summed E-state index contributed by atoms with van der Waals surface area (Å²) in [6.07, 6.45) is 8.02.